The van der Waals surface area contributed by atoms with E-state index in [-0.39, 0.29) is 0 Å². The van der Waals surface area contributed by atoms with Gasteiger partial charge in [-0.2, -0.15) is 0 Å². The van der Waals surface area contributed by atoms with Crippen LogP contribution in [0.15, 0.2) is 0 Å². The van der Waals surface area contributed by atoms with Crippen molar-refractivity contribution in [2.24, 2.45) is 0 Å². The standard InChI is InChI=1S/C8H18.C5H10O/c1-3-5-7-8-6-4-2;1-2-4-6-5-3-1/h3-8H2,1-2H3;1-5H2. The Hall–Kier alpha value is -0.0400. The highest BCUT2D eigenvalue weighted by Gasteiger charge is 1.95. The average molecular weight is 200 g/mol. The van der Waals surface area contributed by atoms with Gasteiger partial charge in [0, 0.05) is 13.2 Å². The lowest BCUT2D eigenvalue weighted by atomic mass is 10.1. The molecule has 0 spiro atoms. The third kappa shape index (κ3) is 12.0. The Kier molecular flexibility index (Phi) is 12.9. The van der Waals surface area contributed by atoms with Gasteiger partial charge in [-0.25, -0.2) is 0 Å². The normalized spacial score (nSPS) is 15.9. The lowest BCUT2D eigenvalue weighted by Crippen LogP contribution is -2.03. The van der Waals surface area contributed by atoms with Crippen molar-refractivity contribution in [3.63, 3.8) is 0 Å². The van der Waals surface area contributed by atoms with Gasteiger partial charge in [0.05, 0.1) is 0 Å². The second-order valence-electron chi connectivity index (χ2n) is 4.09. The molecule has 1 nitrogen and oxygen atoms in total. The molecule has 1 aliphatic rings. The van der Waals surface area contributed by atoms with Crippen LogP contribution < -0.4 is 0 Å². The highest BCUT2D eigenvalue weighted by atomic mass is 16.5. The third-order valence-corrected chi connectivity index (χ3v) is 2.53. The molecule has 14 heavy (non-hydrogen) atoms. The van der Waals surface area contributed by atoms with E-state index in [1.54, 1.807) is 0 Å². The van der Waals surface area contributed by atoms with Crippen LogP contribution in [-0.4, -0.2) is 13.2 Å². The molecule has 0 N–H and O–H groups in total. The van der Waals surface area contributed by atoms with Crippen LogP contribution in [0.25, 0.3) is 0 Å². The van der Waals surface area contributed by atoms with Crippen molar-refractivity contribution >= 4 is 0 Å². The predicted molar refractivity (Wildman–Crippen MR) is 63.7 cm³/mol. The van der Waals surface area contributed by atoms with Crippen LogP contribution in [0.5, 0.6) is 0 Å². The largest absolute Gasteiger partial charge is 0.381 e. The zero-order chi connectivity index (χ0) is 10.5. The van der Waals surface area contributed by atoms with Crippen LogP contribution in [0.3, 0.4) is 0 Å². The Morgan fingerprint density at radius 3 is 1.43 bits per heavy atom. The molecule has 1 rings (SSSR count). The molecule has 0 aromatic carbocycles. The van der Waals surface area contributed by atoms with E-state index in [1.807, 2.05) is 0 Å². The molecule has 0 aliphatic carbocycles. The minimum Gasteiger partial charge on any atom is -0.381 e. The molecule has 1 aliphatic heterocycles. The topological polar surface area (TPSA) is 9.23 Å². The van der Waals surface area contributed by atoms with E-state index in [2.05, 4.69) is 13.8 Å². The summed E-state index contributed by atoms with van der Waals surface area (Å²) < 4.78 is 5.07. The SMILES string of the molecule is C1CCOCC1.CCCCCCCC. The predicted octanol–water partition coefficient (Wildman–Crippen LogP) is 4.55. The van der Waals surface area contributed by atoms with E-state index >= 15 is 0 Å². The second-order valence-corrected chi connectivity index (χ2v) is 4.09. The fourth-order valence-electron chi connectivity index (χ4n) is 1.54. The highest BCUT2D eigenvalue weighted by Crippen LogP contribution is 2.03. The van der Waals surface area contributed by atoms with E-state index in [9.17, 15) is 0 Å². The van der Waals surface area contributed by atoms with Gasteiger partial charge in [-0.1, -0.05) is 52.4 Å². The lowest BCUT2D eigenvalue weighted by Gasteiger charge is -2.08. The Balaban J connectivity index is 0.000000249. The first-order valence-electron chi connectivity index (χ1n) is 6.49. The van der Waals surface area contributed by atoms with Crippen LogP contribution in [0.4, 0.5) is 0 Å². The van der Waals surface area contributed by atoms with E-state index in [0.29, 0.717) is 0 Å². The van der Waals surface area contributed by atoms with Crippen molar-refractivity contribution in [1.82, 2.24) is 0 Å². The van der Waals surface area contributed by atoms with Crippen LogP contribution >= 0.6 is 0 Å². The highest BCUT2D eigenvalue weighted by molar-refractivity contribution is 4.45. The zero-order valence-corrected chi connectivity index (χ0v) is 10.2. The number of ether oxygens (including phenoxy) is 1. The first kappa shape index (κ1) is 14.0. The summed E-state index contributed by atoms with van der Waals surface area (Å²) in [7, 11) is 0. The minimum absolute atomic E-state index is 1.00. The van der Waals surface area contributed by atoms with Crippen LogP contribution in [0.2, 0.25) is 0 Å². The summed E-state index contributed by atoms with van der Waals surface area (Å²) in [6.45, 7) is 6.51. The molecular weight excluding hydrogens is 172 g/mol. The molecule has 0 radical (unpaired) electrons. The molecule has 0 aromatic heterocycles. The first-order chi connectivity index (χ1) is 6.91. The van der Waals surface area contributed by atoms with E-state index < -0.39 is 0 Å². The van der Waals surface area contributed by atoms with Crippen molar-refractivity contribution in [3.05, 3.63) is 0 Å². The molecular formula is C13H28O. The summed E-state index contributed by atoms with van der Waals surface area (Å²) >= 11 is 0. The number of rotatable bonds is 5. The summed E-state index contributed by atoms with van der Waals surface area (Å²) in [5, 5.41) is 0. The molecule has 0 atom stereocenters. The number of hydrogen-bond acceptors (Lipinski definition) is 1. The van der Waals surface area contributed by atoms with Crippen molar-refractivity contribution in [1.29, 1.82) is 0 Å². The van der Waals surface area contributed by atoms with Gasteiger partial charge in [-0.05, 0) is 19.3 Å². The number of unbranched alkanes of at least 4 members (excludes halogenated alkanes) is 5. The molecule has 1 heterocycles. The van der Waals surface area contributed by atoms with Crippen LogP contribution in [0.1, 0.15) is 71.6 Å². The minimum atomic E-state index is 1.00. The van der Waals surface area contributed by atoms with Crippen LogP contribution in [-0.2, 0) is 4.74 Å². The van der Waals surface area contributed by atoms with Crippen molar-refractivity contribution < 1.29 is 4.74 Å². The van der Waals surface area contributed by atoms with Gasteiger partial charge in [0.15, 0.2) is 0 Å². The Bertz CT molecular complexity index is 69.7. The van der Waals surface area contributed by atoms with Gasteiger partial charge in [-0.15, -0.1) is 0 Å². The van der Waals surface area contributed by atoms with Gasteiger partial charge in [0.25, 0.3) is 0 Å². The Morgan fingerprint density at radius 2 is 1.21 bits per heavy atom. The molecule has 0 unspecified atom stereocenters. The Morgan fingerprint density at radius 1 is 0.714 bits per heavy atom. The molecule has 0 saturated carbocycles. The first-order valence-corrected chi connectivity index (χ1v) is 6.49. The maximum Gasteiger partial charge on any atom is 0.0466 e. The van der Waals surface area contributed by atoms with Crippen LogP contribution in [0, 0.1) is 0 Å². The average Bonchev–Trinajstić information content (AvgIpc) is 2.28. The molecule has 0 aromatic rings. The molecule has 1 heteroatoms. The van der Waals surface area contributed by atoms with Gasteiger partial charge >= 0.3 is 0 Å². The maximum absolute atomic E-state index is 5.07. The lowest BCUT2D eigenvalue weighted by molar-refractivity contribution is 0.0968. The Labute approximate surface area is 90.2 Å². The molecule has 1 saturated heterocycles. The van der Waals surface area contributed by atoms with Crippen molar-refractivity contribution in [2.75, 3.05) is 13.2 Å². The second kappa shape index (κ2) is 13.0. The quantitative estimate of drug-likeness (QED) is 0.591. The van der Waals surface area contributed by atoms with Gasteiger partial charge in [0.1, 0.15) is 0 Å². The summed E-state index contributed by atoms with van der Waals surface area (Å²) in [5.74, 6) is 0. The zero-order valence-electron chi connectivity index (χ0n) is 10.2. The monoisotopic (exact) mass is 200 g/mol. The van der Waals surface area contributed by atoms with E-state index in [1.165, 1.54) is 57.8 Å². The van der Waals surface area contributed by atoms with Crippen molar-refractivity contribution in [2.45, 2.75) is 71.6 Å². The molecule has 0 bridgehead atoms. The fraction of sp³-hybridized carbons (Fsp3) is 1.00. The summed E-state index contributed by atoms with van der Waals surface area (Å²) in [6, 6.07) is 0. The third-order valence-electron chi connectivity index (χ3n) is 2.53. The number of hydrogen-bond donors (Lipinski definition) is 0. The van der Waals surface area contributed by atoms with Gasteiger partial charge in [0.2, 0.25) is 0 Å². The van der Waals surface area contributed by atoms with Gasteiger partial charge in [-0.3, -0.25) is 0 Å². The smallest absolute Gasteiger partial charge is 0.0466 e. The van der Waals surface area contributed by atoms with E-state index in [0.717, 1.165) is 13.2 Å². The molecule has 1 fully saturated rings. The summed E-state index contributed by atoms with van der Waals surface area (Å²) in [4.78, 5) is 0. The van der Waals surface area contributed by atoms with E-state index in [4.69, 9.17) is 4.74 Å². The fourth-order valence-corrected chi connectivity index (χ4v) is 1.54. The molecule has 0 amide bonds. The summed E-state index contributed by atoms with van der Waals surface area (Å²) in [5.41, 5.74) is 0. The van der Waals surface area contributed by atoms with Gasteiger partial charge < -0.3 is 4.74 Å². The maximum atomic E-state index is 5.07. The summed E-state index contributed by atoms with van der Waals surface area (Å²) in [6.07, 6.45) is 12.4. The van der Waals surface area contributed by atoms with Crippen molar-refractivity contribution in [3.8, 4) is 0 Å². The molecule has 86 valence electrons.